The molecule has 12 heavy (non-hydrogen) atoms. The van der Waals surface area contributed by atoms with Gasteiger partial charge in [-0.05, 0) is 19.4 Å². The lowest BCUT2D eigenvalue weighted by atomic mass is 9.93. The summed E-state index contributed by atoms with van der Waals surface area (Å²) in [4.78, 5) is 0. The number of rotatable bonds is 1. The molecule has 0 fully saturated rings. The van der Waals surface area contributed by atoms with Gasteiger partial charge in [0.2, 0.25) is 0 Å². The van der Waals surface area contributed by atoms with Crippen molar-refractivity contribution in [1.29, 1.82) is 0 Å². The molecule has 1 unspecified atom stereocenters. The second kappa shape index (κ2) is 3.19. The van der Waals surface area contributed by atoms with E-state index in [9.17, 15) is 0 Å². The summed E-state index contributed by atoms with van der Waals surface area (Å²) in [5.41, 5.74) is 9.65. The van der Waals surface area contributed by atoms with Crippen LogP contribution in [0.1, 0.15) is 20.8 Å². The zero-order valence-electron chi connectivity index (χ0n) is 7.81. The molecule has 1 aliphatic heterocycles. The standard InChI is InChI=1S/C9H16N2O/c1-5-8(4-12)6(2)11-7(3)9(5)10/h5,11-12H,4,10H2,1-3H3. The average Bonchev–Trinajstić information content (AvgIpc) is 2.01. The first-order valence-electron chi connectivity index (χ1n) is 4.11. The number of aliphatic hydroxyl groups excluding tert-OH is 1. The summed E-state index contributed by atoms with van der Waals surface area (Å²) in [7, 11) is 0. The summed E-state index contributed by atoms with van der Waals surface area (Å²) >= 11 is 0. The van der Waals surface area contributed by atoms with Gasteiger partial charge >= 0.3 is 0 Å². The molecule has 1 atom stereocenters. The van der Waals surface area contributed by atoms with E-state index in [4.69, 9.17) is 10.8 Å². The Morgan fingerprint density at radius 3 is 2.50 bits per heavy atom. The molecule has 0 aromatic carbocycles. The third-order valence-electron chi connectivity index (χ3n) is 2.45. The van der Waals surface area contributed by atoms with E-state index in [1.807, 2.05) is 20.8 Å². The molecule has 3 heteroatoms. The molecule has 3 nitrogen and oxygen atoms in total. The predicted molar refractivity (Wildman–Crippen MR) is 49.0 cm³/mol. The molecule has 0 radical (unpaired) electrons. The molecule has 0 saturated carbocycles. The normalized spacial score (nSPS) is 24.5. The van der Waals surface area contributed by atoms with Crippen LogP contribution in [-0.2, 0) is 0 Å². The minimum Gasteiger partial charge on any atom is -0.400 e. The lowest BCUT2D eigenvalue weighted by Crippen LogP contribution is -2.28. The van der Waals surface area contributed by atoms with E-state index in [2.05, 4.69) is 5.32 Å². The fraction of sp³-hybridized carbons (Fsp3) is 0.556. The van der Waals surface area contributed by atoms with Gasteiger partial charge in [0.15, 0.2) is 0 Å². The van der Waals surface area contributed by atoms with E-state index in [0.29, 0.717) is 0 Å². The van der Waals surface area contributed by atoms with Crippen LogP contribution in [0.4, 0.5) is 0 Å². The molecule has 1 rings (SSSR count). The van der Waals surface area contributed by atoms with E-state index in [1.54, 1.807) is 0 Å². The highest BCUT2D eigenvalue weighted by Gasteiger charge is 2.20. The number of hydrogen-bond donors (Lipinski definition) is 3. The van der Waals surface area contributed by atoms with Crippen LogP contribution in [0.25, 0.3) is 0 Å². The predicted octanol–water partition coefficient (Wildman–Crippen LogP) is 0.682. The summed E-state index contributed by atoms with van der Waals surface area (Å²) in [6.07, 6.45) is 0. The highest BCUT2D eigenvalue weighted by Crippen LogP contribution is 2.24. The maximum Gasteiger partial charge on any atom is 0.0667 e. The van der Waals surface area contributed by atoms with Crippen LogP contribution >= 0.6 is 0 Å². The van der Waals surface area contributed by atoms with E-state index < -0.39 is 0 Å². The van der Waals surface area contributed by atoms with Gasteiger partial charge in [0.05, 0.1) is 6.61 Å². The number of dihydropyridines is 1. The minimum atomic E-state index is 0.0774. The highest BCUT2D eigenvalue weighted by molar-refractivity contribution is 5.32. The molecule has 0 aromatic heterocycles. The van der Waals surface area contributed by atoms with E-state index in [1.165, 1.54) is 0 Å². The zero-order valence-corrected chi connectivity index (χ0v) is 7.81. The van der Waals surface area contributed by atoms with Crippen LogP contribution in [0, 0.1) is 5.92 Å². The first-order valence-corrected chi connectivity index (χ1v) is 4.11. The molecule has 0 bridgehead atoms. The Morgan fingerprint density at radius 2 is 2.00 bits per heavy atom. The van der Waals surface area contributed by atoms with Crippen LogP contribution in [0.15, 0.2) is 22.7 Å². The van der Waals surface area contributed by atoms with Crippen molar-refractivity contribution in [2.75, 3.05) is 6.61 Å². The van der Waals surface area contributed by atoms with Crippen molar-refractivity contribution in [3.05, 3.63) is 22.7 Å². The van der Waals surface area contributed by atoms with Crippen molar-refractivity contribution < 1.29 is 5.11 Å². The largest absolute Gasteiger partial charge is 0.400 e. The molecule has 68 valence electrons. The summed E-state index contributed by atoms with van der Waals surface area (Å²) in [6.45, 7) is 5.99. The summed E-state index contributed by atoms with van der Waals surface area (Å²) < 4.78 is 0. The van der Waals surface area contributed by atoms with Crippen LogP contribution in [-0.4, -0.2) is 11.7 Å². The van der Waals surface area contributed by atoms with Gasteiger partial charge in [-0.3, -0.25) is 0 Å². The zero-order chi connectivity index (χ0) is 9.30. The number of allylic oxidation sites excluding steroid dienone is 3. The lowest BCUT2D eigenvalue weighted by molar-refractivity contribution is 0.315. The van der Waals surface area contributed by atoms with Gasteiger partial charge in [-0.2, -0.15) is 0 Å². The Hall–Kier alpha value is -0.960. The third-order valence-corrected chi connectivity index (χ3v) is 2.45. The fourth-order valence-corrected chi connectivity index (χ4v) is 1.53. The van der Waals surface area contributed by atoms with Crippen LogP contribution in [0.2, 0.25) is 0 Å². The van der Waals surface area contributed by atoms with Crippen molar-refractivity contribution in [3.63, 3.8) is 0 Å². The van der Waals surface area contributed by atoms with Crippen LogP contribution < -0.4 is 11.1 Å². The van der Waals surface area contributed by atoms with Crippen LogP contribution in [0.5, 0.6) is 0 Å². The van der Waals surface area contributed by atoms with Crippen molar-refractivity contribution in [2.24, 2.45) is 11.7 Å². The Bertz CT molecular complexity index is 253. The number of nitrogens with one attached hydrogen (secondary N) is 1. The monoisotopic (exact) mass is 168 g/mol. The third kappa shape index (κ3) is 1.32. The molecule has 1 heterocycles. The van der Waals surface area contributed by atoms with Crippen molar-refractivity contribution in [1.82, 2.24) is 5.32 Å². The second-order valence-corrected chi connectivity index (χ2v) is 3.24. The highest BCUT2D eigenvalue weighted by atomic mass is 16.3. The Kier molecular flexibility index (Phi) is 2.43. The topological polar surface area (TPSA) is 58.3 Å². The molecule has 0 spiro atoms. The van der Waals surface area contributed by atoms with Gasteiger partial charge in [0, 0.05) is 23.0 Å². The molecular weight excluding hydrogens is 152 g/mol. The summed E-state index contributed by atoms with van der Waals surface area (Å²) in [6, 6.07) is 0. The maximum atomic E-state index is 9.06. The molecule has 0 amide bonds. The van der Waals surface area contributed by atoms with Crippen LogP contribution in [0.3, 0.4) is 0 Å². The van der Waals surface area contributed by atoms with Gasteiger partial charge in [-0.15, -0.1) is 0 Å². The van der Waals surface area contributed by atoms with Gasteiger partial charge in [0.25, 0.3) is 0 Å². The SMILES string of the molecule is CC1=C(N)C(C)C(CO)=C(C)N1. The Morgan fingerprint density at radius 1 is 1.42 bits per heavy atom. The number of hydrogen-bond acceptors (Lipinski definition) is 3. The minimum absolute atomic E-state index is 0.0774. The van der Waals surface area contributed by atoms with Gasteiger partial charge in [-0.1, -0.05) is 6.92 Å². The first-order chi connectivity index (χ1) is 5.57. The van der Waals surface area contributed by atoms with E-state index in [-0.39, 0.29) is 12.5 Å². The molecule has 0 saturated heterocycles. The van der Waals surface area contributed by atoms with E-state index >= 15 is 0 Å². The maximum absolute atomic E-state index is 9.06. The van der Waals surface area contributed by atoms with Gasteiger partial charge in [-0.25, -0.2) is 0 Å². The van der Waals surface area contributed by atoms with Crippen molar-refractivity contribution >= 4 is 0 Å². The quantitative estimate of drug-likeness (QED) is 0.539. The molecule has 4 N–H and O–H groups in total. The molecule has 1 aliphatic rings. The van der Waals surface area contributed by atoms with Crippen molar-refractivity contribution in [2.45, 2.75) is 20.8 Å². The summed E-state index contributed by atoms with van der Waals surface area (Å²) in [5, 5.41) is 12.2. The van der Waals surface area contributed by atoms with E-state index in [0.717, 1.165) is 22.7 Å². The molecule has 0 aliphatic carbocycles. The van der Waals surface area contributed by atoms with Gasteiger partial charge in [0.1, 0.15) is 0 Å². The fourth-order valence-electron chi connectivity index (χ4n) is 1.53. The van der Waals surface area contributed by atoms with Crippen molar-refractivity contribution in [3.8, 4) is 0 Å². The first kappa shape index (κ1) is 9.13. The van der Waals surface area contributed by atoms with Gasteiger partial charge < -0.3 is 16.2 Å². The second-order valence-electron chi connectivity index (χ2n) is 3.24. The number of aliphatic hydroxyl groups is 1. The molecule has 0 aromatic rings. The molecular formula is C9H16N2O. The number of nitrogens with two attached hydrogens (primary N) is 1. The Balaban J connectivity index is 2.98. The summed E-state index contributed by atoms with van der Waals surface area (Å²) in [5.74, 6) is 0.163. The average molecular weight is 168 g/mol. The lowest BCUT2D eigenvalue weighted by Gasteiger charge is -2.26. The smallest absolute Gasteiger partial charge is 0.0667 e. The Labute approximate surface area is 73.0 Å².